The van der Waals surface area contributed by atoms with Crippen LogP contribution >= 0.6 is 11.6 Å². The van der Waals surface area contributed by atoms with Crippen LogP contribution in [0.1, 0.15) is 27.2 Å². The van der Waals surface area contributed by atoms with Crippen molar-refractivity contribution in [2.24, 2.45) is 5.10 Å². The largest absolute Gasteiger partial charge is 0.340 e. The number of nitrogens with one attached hydrogen (secondary N) is 1. The molecule has 0 fully saturated rings. The molecule has 0 saturated carbocycles. The Morgan fingerprint density at radius 1 is 1.27 bits per heavy atom. The molecule has 1 heterocycles. The van der Waals surface area contributed by atoms with Crippen LogP contribution in [0.15, 0.2) is 60.2 Å². The van der Waals surface area contributed by atoms with Crippen LogP contribution in [0.4, 0.5) is 0 Å². The second-order valence-electron chi connectivity index (χ2n) is 6.10. The molecule has 1 aromatic heterocycles. The van der Waals surface area contributed by atoms with Gasteiger partial charge in [-0.1, -0.05) is 41.9 Å². The van der Waals surface area contributed by atoms with Crippen LogP contribution in [0.5, 0.6) is 0 Å². The Kier molecular flexibility index (Phi) is 5.24. The maximum absolute atomic E-state index is 12.3. The number of para-hydroxylation sites is 1. The summed E-state index contributed by atoms with van der Waals surface area (Å²) in [4.78, 5) is 12.3. The van der Waals surface area contributed by atoms with Crippen molar-refractivity contribution in [1.82, 2.24) is 9.99 Å². The maximum Gasteiger partial charge on any atom is 0.272 e. The highest BCUT2D eigenvalue weighted by Gasteiger charge is 2.12. The average molecular weight is 366 g/mol. The summed E-state index contributed by atoms with van der Waals surface area (Å²) in [6, 6.07) is 13.4. The van der Waals surface area contributed by atoms with Crippen molar-refractivity contribution in [3.63, 3.8) is 0 Å². The van der Waals surface area contributed by atoms with Gasteiger partial charge in [0.2, 0.25) is 0 Å². The summed E-state index contributed by atoms with van der Waals surface area (Å²) >= 11 is 6.14. The van der Waals surface area contributed by atoms with Crippen LogP contribution in [0.3, 0.4) is 0 Å². The van der Waals surface area contributed by atoms with Gasteiger partial charge in [0.15, 0.2) is 0 Å². The van der Waals surface area contributed by atoms with Crippen molar-refractivity contribution < 1.29 is 4.79 Å². The van der Waals surface area contributed by atoms with Gasteiger partial charge in [-0.05, 0) is 37.6 Å². The smallest absolute Gasteiger partial charge is 0.272 e. The lowest BCUT2D eigenvalue weighted by molar-refractivity contribution is 0.0955. The first-order valence-corrected chi connectivity index (χ1v) is 8.69. The second kappa shape index (κ2) is 7.58. The number of hydrogen-bond donors (Lipinski definition) is 1. The van der Waals surface area contributed by atoms with Gasteiger partial charge in [-0.15, -0.1) is 6.58 Å². The lowest BCUT2D eigenvalue weighted by atomic mass is 10.1. The third kappa shape index (κ3) is 3.41. The number of halogens is 1. The molecule has 0 unspecified atom stereocenters. The number of hydrazone groups is 1. The van der Waals surface area contributed by atoms with Gasteiger partial charge in [0.25, 0.3) is 5.91 Å². The Bertz CT molecular complexity index is 1020. The number of aromatic nitrogens is 1. The standard InChI is InChI=1S/C21H20ClN3O/c1-4-11-25-15(3)18(16-7-5-6-8-20(16)25)13-23-24-21(26)17-10-9-14(2)12-19(17)22/h4-10,12-13H,1,11H2,2-3H3,(H,24,26)/b23-13-. The van der Waals surface area contributed by atoms with E-state index in [1.807, 2.05) is 44.2 Å². The van der Waals surface area contributed by atoms with Crippen LogP contribution in [-0.4, -0.2) is 16.7 Å². The van der Waals surface area contributed by atoms with E-state index in [0.29, 0.717) is 17.1 Å². The number of benzene rings is 2. The predicted molar refractivity (Wildman–Crippen MR) is 108 cm³/mol. The van der Waals surface area contributed by atoms with Gasteiger partial charge >= 0.3 is 0 Å². The summed E-state index contributed by atoms with van der Waals surface area (Å²) in [6.45, 7) is 8.49. The number of rotatable bonds is 5. The number of allylic oxidation sites excluding steroid dienone is 1. The number of nitrogens with zero attached hydrogens (tertiary/aromatic N) is 2. The monoisotopic (exact) mass is 365 g/mol. The molecular weight excluding hydrogens is 346 g/mol. The van der Waals surface area contributed by atoms with Crippen LogP contribution in [0, 0.1) is 13.8 Å². The molecule has 0 saturated heterocycles. The van der Waals surface area contributed by atoms with Gasteiger partial charge in [0.1, 0.15) is 0 Å². The molecule has 4 nitrogen and oxygen atoms in total. The quantitative estimate of drug-likeness (QED) is 0.391. The highest BCUT2D eigenvalue weighted by molar-refractivity contribution is 6.33. The highest BCUT2D eigenvalue weighted by Crippen LogP contribution is 2.24. The Morgan fingerprint density at radius 3 is 2.77 bits per heavy atom. The number of fused-ring (bicyclic) bond motifs is 1. The molecule has 0 aliphatic heterocycles. The Balaban J connectivity index is 1.88. The number of carbonyl (C=O) groups is 1. The first-order chi connectivity index (χ1) is 12.5. The van der Waals surface area contributed by atoms with Crippen molar-refractivity contribution in [2.75, 3.05) is 0 Å². The molecule has 5 heteroatoms. The molecule has 132 valence electrons. The molecule has 3 rings (SSSR count). The minimum absolute atomic E-state index is 0.335. The molecule has 0 aliphatic carbocycles. The number of hydrogen-bond acceptors (Lipinski definition) is 2. The molecule has 1 N–H and O–H groups in total. The SMILES string of the molecule is C=CCn1c(C)c(/C=N\NC(=O)c2ccc(C)cc2Cl)c2ccccc21. The van der Waals surface area contributed by atoms with E-state index in [0.717, 1.165) is 27.7 Å². The van der Waals surface area contributed by atoms with Crippen molar-refractivity contribution in [3.8, 4) is 0 Å². The van der Waals surface area contributed by atoms with Crippen LogP contribution < -0.4 is 5.43 Å². The van der Waals surface area contributed by atoms with E-state index < -0.39 is 0 Å². The number of aryl methyl sites for hydroxylation is 1. The fourth-order valence-corrected chi connectivity index (χ4v) is 3.33. The molecule has 26 heavy (non-hydrogen) atoms. The van der Waals surface area contributed by atoms with E-state index in [4.69, 9.17) is 11.6 Å². The first kappa shape index (κ1) is 18.0. The van der Waals surface area contributed by atoms with E-state index in [9.17, 15) is 4.79 Å². The van der Waals surface area contributed by atoms with E-state index in [1.165, 1.54) is 0 Å². The minimum atomic E-state index is -0.335. The van der Waals surface area contributed by atoms with E-state index in [2.05, 4.69) is 27.7 Å². The summed E-state index contributed by atoms with van der Waals surface area (Å²) in [5, 5.41) is 5.64. The van der Waals surface area contributed by atoms with Crippen molar-refractivity contribution >= 4 is 34.6 Å². The van der Waals surface area contributed by atoms with Gasteiger partial charge in [-0.2, -0.15) is 5.10 Å². The maximum atomic E-state index is 12.3. The Morgan fingerprint density at radius 2 is 2.04 bits per heavy atom. The zero-order valence-electron chi connectivity index (χ0n) is 14.8. The zero-order chi connectivity index (χ0) is 18.7. The molecule has 3 aromatic rings. The van der Waals surface area contributed by atoms with Crippen molar-refractivity contribution in [3.05, 3.63) is 82.5 Å². The first-order valence-electron chi connectivity index (χ1n) is 8.31. The van der Waals surface area contributed by atoms with E-state index in [-0.39, 0.29) is 5.91 Å². The fraction of sp³-hybridized carbons (Fsp3) is 0.143. The normalized spacial score (nSPS) is 11.2. The van der Waals surface area contributed by atoms with Gasteiger partial charge in [0, 0.05) is 28.7 Å². The molecule has 0 bridgehead atoms. The minimum Gasteiger partial charge on any atom is -0.340 e. The topological polar surface area (TPSA) is 46.4 Å². The molecule has 2 aromatic carbocycles. The van der Waals surface area contributed by atoms with E-state index >= 15 is 0 Å². The van der Waals surface area contributed by atoms with Gasteiger partial charge in [-0.3, -0.25) is 4.79 Å². The second-order valence-corrected chi connectivity index (χ2v) is 6.51. The predicted octanol–water partition coefficient (Wildman–Crippen LogP) is 4.86. The van der Waals surface area contributed by atoms with E-state index in [1.54, 1.807) is 18.3 Å². The number of amides is 1. The van der Waals surface area contributed by atoms with Crippen LogP contribution in [0.2, 0.25) is 5.02 Å². The zero-order valence-corrected chi connectivity index (χ0v) is 15.5. The van der Waals surface area contributed by atoms with Crippen LogP contribution in [-0.2, 0) is 6.54 Å². The summed E-state index contributed by atoms with van der Waals surface area (Å²) in [6.07, 6.45) is 3.54. The molecule has 0 aliphatic rings. The van der Waals surface area contributed by atoms with Gasteiger partial charge in [-0.25, -0.2) is 5.43 Å². The van der Waals surface area contributed by atoms with Crippen molar-refractivity contribution in [1.29, 1.82) is 0 Å². The summed E-state index contributed by atoms with van der Waals surface area (Å²) in [5.41, 5.74) is 7.11. The lowest BCUT2D eigenvalue weighted by Crippen LogP contribution is -2.18. The fourth-order valence-electron chi connectivity index (χ4n) is 3.01. The third-order valence-electron chi connectivity index (χ3n) is 4.32. The molecule has 0 spiro atoms. The molecule has 0 atom stereocenters. The average Bonchev–Trinajstić information content (AvgIpc) is 2.88. The molecule has 0 radical (unpaired) electrons. The third-order valence-corrected chi connectivity index (χ3v) is 4.63. The van der Waals surface area contributed by atoms with Gasteiger partial charge in [0.05, 0.1) is 16.8 Å². The Hall–Kier alpha value is -2.85. The highest BCUT2D eigenvalue weighted by atomic mass is 35.5. The van der Waals surface area contributed by atoms with Crippen LogP contribution in [0.25, 0.3) is 10.9 Å². The summed E-state index contributed by atoms with van der Waals surface area (Å²) in [5.74, 6) is -0.335. The van der Waals surface area contributed by atoms with Gasteiger partial charge < -0.3 is 4.57 Å². The van der Waals surface area contributed by atoms with Crippen molar-refractivity contribution in [2.45, 2.75) is 20.4 Å². The summed E-state index contributed by atoms with van der Waals surface area (Å²) < 4.78 is 2.17. The Labute approximate surface area is 157 Å². The summed E-state index contributed by atoms with van der Waals surface area (Å²) in [7, 11) is 0. The lowest BCUT2D eigenvalue weighted by Gasteiger charge is -2.04. The molecular formula is C21H20ClN3O. The molecule has 1 amide bonds. The number of carbonyl (C=O) groups excluding carboxylic acids is 1.